The SMILES string of the molecule is CCN(C(=O)CCl)[C@@H](C)C(=O)O. The fourth-order valence-electron chi connectivity index (χ4n) is 0.876. The van der Waals surface area contributed by atoms with Crippen LogP contribution in [0.2, 0.25) is 0 Å². The molecule has 0 radical (unpaired) electrons. The second-order valence-electron chi connectivity index (χ2n) is 2.33. The van der Waals surface area contributed by atoms with E-state index in [0.717, 1.165) is 0 Å². The van der Waals surface area contributed by atoms with Crippen LogP contribution in [0.3, 0.4) is 0 Å². The number of nitrogens with zero attached hydrogens (tertiary/aromatic N) is 1. The molecular formula is C7H12ClNO3. The van der Waals surface area contributed by atoms with Gasteiger partial charge in [0.15, 0.2) is 0 Å². The molecule has 0 aliphatic rings. The number of hydrogen-bond acceptors (Lipinski definition) is 2. The lowest BCUT2D eigenvalue weighted by atomic mass is 10.3. The number of amides is 1. The van der Waals surface area contributed by atoms with Gasteiger partial charge in [-0.2, -0.15) is 0 Å². The minimum absolute atomic E-state index is 0.175. The maximum absolute atomic E-state index is 11.0. The first-order chi connectivity index (χ1) is 5.54. The van der Waals surface area contributed by atoms with Crippen LogP contribution in [0.1, 0.15) is 13.8 Å². The zero-order valence-electron chi connectivity index (χ0n) is 7.08. The molecule has 1 atom stereocenters. The summed E-state index contributed by atoms with van der Waals surface area (Å²) in [5.41, 5.74) is 0. The molecule has 0 aliphatic carbocycles. The number of aliphatic carboxylic acids is 1. The average molecular weight is 194 g/mol. The molecule has 0 rings (SSSR count). The van der Waals surface area contributed by atoms with Crippen LogP contribution in [0.25, 0.3) is 0 Å². The Morgan fingerprint density at radius 3 is 2.33 bits per heavy atom. The Morgan fingerprint density at radius 2 is 2.08 bits per heavy atom. The van der Waals surface area contributed by atoms with Crippen molar-refractivity contribution in [3.63, 3.8) is 0 Å². The third-order valence-corrected chi connectivity index (χ3v) is 1.83. The molecule has 0 saturated heterocycles. The van der Waals surface area contributed by atoms with Gasteiger partial charge in [0.25, 0.3) is 0 Å². The van der Waals surface area contributed by atoms with Crippen molar-refractivity contribution in [1.82, 2.24) is 4.90 Å². The zero-order valence-corrected chi connectivity index (χ0v) is 7.84. The van der Waals surface area contributed by atoms with E-state index in [1.165, 1.54) is 11.8 Å². The quantitative estimate of drug-likeness (QED) is 0.664. The minimum atomic E-state index is -1.02. The van der Waals surface area contributed by atoms with E-state index in [2.05, 4.69) is 0 Å². The molecule has 12 heavy (non-hydrogen) atoms. The Morgan fingerprint density at radius 1 is 1.58 bits per heavy atom. The first-order valence-electron chi connectivity index (χ1n) is 3.62. The van der Waals surface area contributed by atoms with Crippen LogP contribution in [0.5, 0.6) is 0 Å². The van der Waals surface area contributed by atoms with Gasteiger partial charge in [-0.15, -0.1) is 11.6 Å². The molecule has 0 spiro atoms. The summed E-state index contributed by atoms with van der Waals surface area (Å²) in [6, 6.07) is -0.804. The summed E-state index contributed by atoms with van der Waals surface area (Å²) in [7, 11) is 0. The fourth-order valence-corrected chi connectivity index (χ4v) is 1.03. The topological polar surface area (TPSA) is 57.6 Å². The second kappa shape index (κ2) is 4.98. The van der Waals surface area contributed by atoms with Gasteiger partial charge in [-0.25, -0.2) is 4.79 Å². The highest BCUT2D eigenvalue weighted by molar-refractivity contribution is 6.27. The lowest BCUT2D eigenvalue weighted by Crippen LogP contribution is -2.43. The van der Waals surface area contributed by atoms with Crippen LogP contribution in [0.15, 0.2) is 0 Å². The van der Waals surface area contributed by atoms with E-state index >= 15 is 0 Å². The molecule has 70 valence electrons. The molecule has 4 nitrogen and oxygen atoms in total. The normalized spacial score (nSPS) is 12.2. The smallest absolute Gasteiger partial charge is 0.326 e. The monoisotopic (exact) mass is 193 g/mol. The van der Waals surface area contributed by atoms with Gasteiger partial charge in [-0.3, -0.25) is 4.79 Å². The number of carbonyl (C=O) groups excluding carboxylic acids is 1. The number of rotatable bonds is 4. The van der Waals surface area contributed by atoms with Crippen molar-refractivity contribution in [2.45, 2.75) is 19.9 Å². The van der Waals surface area contributed by atoms with Gasteiger partial charge in [-0.05, 0) is 13.8 Å². The summed E-state index contributed by atoms with van der Waals surface area (Å²) in [4.78, 5) is 22.7. The highest BCUT2D eigenvalue weighted by Crippen LogP contribution is 2.00. The van der Waals surface area contributed by atoms with Gasteiger partial charge < -0.3 is 10.0 Å². The van der Waals surface area contributed by atoms with Crippen LogP contribution < -0.4 is 0 Å². The molecule has 0 aromatic carbocycles. The van der Waals surface area contributed by atoms with Crippen molar-refractivity contribution in [1.29, 1.82) is 0 Å². The van der Waals surface area contributed by atoms with E-state index in [0.29, 0.717) is 6.54 Å². The number of likely N-dealkylation sites (N-methyl/N-ethyl adjacent to an activating group) is 1. The van der Waals surface area contributed by atoms with Gasteiger partial charge >= 0.3 is 5.97 Å². The van der Waals surface area contributed by atoms with E-state index in [1.54, 1.807) is 6.92 Å². The van der Waals surface area contributed by atoms with Crippen molar-refractivity contribution in [3.05, 3.63) is 0 Å². The van der Waals surface area contributed by atoms with Crippen LogP contribution in [-0.2, 0) is 9.59 Å². The number of halogens is 1. The van der Waals surface area contributed by atoms with E-state index < -0.39 is 12.0 Å². The first-order valence-corrected chi connectivity index (χ1v) is 4.16. The minimum Gasteiger partial charge on any atom is -0.480 e. The Labute approximate surface area is 76.1 Å². The number of alkyl halides is 1. The molecule has 0 heterocycles. The van der Waals surface area contributed by atoms with Crippen molar-refractivity contribution in [3.8, 4) is 0 Å². The maximum Gasteiger partial charge on any atom is 0.326 e. The lowest BCUT2D eigenvalue weighted by molar-refractivity contribution is -0.148. The number of hydrogen-bond donors (Lipinski definition) is 1. The fraction of sp³-hybridized carbons (Fsp3) is 0.714. The van der Waals surface area contributed by atoms with E-state index in [-0.39, 0.29) is 11.8 Å². The van der Waals surface area contributed by atoms with Gasteiger partial charge in [0.2, 0.25) is 5.91 Å². The van der Waals surface area contributed by atoms with Crippen LogP contribution in [0, 0.1) is 0 Å². The van der Waals surface area contributed by atoms with Gasteiger partial charge in [0.1, 0.15) is 11.9 Å². The number of carboxylic acid groups (broad SMARTS) is 1. The molecule has 0 bridgehead atoms. The average Bonchev–Trinajstić information content (AvgIpc) is 2.05. The third-order valence-electron chi connectivity index (χ3n) is 1.60. The summed E-state index contributed by atoms with van der Waals surface area (Å²) >= 11 is 5.29. The third kappa shape index (κ3) is 2.70. The molecule has 0 fully saturated rings. The molecule has 5 heteroatoms. The highest BCUT2D eigenvalue weighted by atomic mass is 35.5. The van der Waals surface area contributed by atoms with Gasteiger partial charge in [0.05, 0.1) is 0 Å². The molecular weight excluding hydrogens is 182 g/mol. The Hall–Kier alpha value is -0.770. The van der Waals surface area contributed by atoms with E-state index in [9.17, 15) is 9.59 Å². The Kier molecular flexibility index (Phi) is 4.66. The Bertz CT molecular complexity index is 183. The van der Waals surface area contributed by atoms with Gasteiger partial charge in [-0.1, -0.05) is 0 Å². The molecule has 0 aliphatic heterocycles. The van der Waals surface area contributed by atoms with E-state index in [4.69, 9.17) is 16.7 Å². The number of carbonyl (C=O) groups is 2. The molecule has 0 saturated carbocycles. The summed E-state index contributed by atoms with van der Waals surface area (Å²) in [6.07, 6.45) is 0. The van der Waals surface area contributed by atoms with Crippen molar-refractivity contribution in [2.75, 3.05) is 12.4 Å². The standard InChI is InChI=1S/C7H12ClNO3/c1-3-9(6(10)4-8)5(2)7(11)12/h5H,3-4H2,1-2H3,(H,11,12)/t5-/m0/s1. The van der Waals surface area contributed by atoms with Gasteiger partial charge in [0, 0.05) is 6.54 Å². The highest BCUT2D eigenvalue weighted by Gasteiger charge is 2.22. The summed E-state index contributed by atoms with van der Waals surface area (Å²) in [5, 5.41) is 8.59. The van der Waals surface area contributed by atoms with Crippen LogP contribution in [-0.4, -0.2) is 40.3 Å². The summed E-state index contributed by atoms with van der Waals surface area (Å²) in [5.74, 6) is -1.55. The molecule has 0 aromatic rings. The summed E-state index contributed by atoms with van der Waals surface area (Å²) in [6.45, 7) is 3.53. The number of carboxylic acids is 1. The van der Waals surface area contributed by atoms with E-state index in [1.807, 2.05) is 0 Å². The zero-order chi connectivity index (χ0) is 9.72. The van der Waals surface area contributed by atoms with Crippen molar-refractivity contribution < 1.29 is 14.7 Å². The Balaban J connectivity index is 4.33. The molecule has 0 unspecified atom stereocenters. The first kappa shape index (κ1) is 11.2. The largest absolute Gasteiger partial charge is 0.480 e. The molecule has 1 N–H and O–H groups in total. The molecule has 1 amide bonds. The predicted molar refractivity (Wildman–Crippen MR) is 45.2 cm³/mol. The van der Waals surface area contributed by atoms with Crippen molar-refractivity contribution in [2.24, 2.45) is 0 Å². The van der Waals surface area contributed by atoms with Crippen LogP contribution in [0.4, 0.5) is 0 Å². The predicted octanol–water partition coefficient (Wildman–Crippen LogP) is 0.547. The molecule has 0 aromatic heterocycles. The van der Waals surface area contributed by atoms with Crippen LogP contribution >= 0.6 is 11.6 Å². The lowest BCUT2D eigenvalue weighted by Gasteiger charge is -2.23. The van der Waals surface area contributed by atoms with Crippen molar-refractivity contribution >= 4 is 23.5 Å². The summed E-state index contributed by atoms with van der Waals surface area (Å²) < 4.78 is 0. The maximum atomic E-state index is 11.0. The second-order valence-corrected chi connectivity index (χ2v) is 2.59.